The second-order valence-electron chi connectivity index (χ2n) is 7.22. The Labute approximate surface area is 157 Å². The van der Waals surface area contributed by atoms with Gasteiger partial charge in [0, 0.05) is 37.4 Å². The molecule has 0 fully saturated rings. The van der Waals surface area contributed by atoms with Gasteiger partial charge in [-0.1, -0.05) is 0 Å². The highest BCUT2D eigenvalue weighted by Crippen LogP contribution is 2.23. The highest BCUT2D eigenvalue weighted by Gasteiger charge is 2.23. The van der Waals surface area contributed by atoms with E-state index in [1.807, 2.05) is 12.3 Å². The monoisotopic (exact) mass is 366 g/mol. The number of nitrogens with zero attached hydrogens (tertiary/aromatic N) is 2. The van der Waals surface area contributed by atoms with Crippen LogP contribution in [0.4, 0.5) is 0 Å². The van der Waals surface area contributed by atoms with Gasteiger partial charge in [-0.25, -0.2) is 4.79 Å². The summed E-state index contributed by atoms with van der Waals surface area (Å²) in [5.74, 6) is -0.847. The Morgan fingerprint density at radius 2 is 1.96 bits per heavy atom. The lowest BCUT2D eigenvalue weighted by Gasteiger charge is -2.20. The maximum Gasteiger partial charge on any atom is 0.339 e. The zero-order valence-electron chi connectivity index (χ0n) is 15.8. The average molecular weight is 366 g/mol. The Hall–Kier alpha value is -3.22. The molecule has 0 aliphatic heterocycles. The molecule has 0 saturated heterocycles. The summed E-state index contributed by atoms with van der Waals surface area (Å²) in [5, 5.41) is 3.54. The molecule has 7 heteroatoms. The first-order valence-corrected chi connectivity index (χ1v) is 8.63. The SMILES string of the molecule is CNC(=O)c1cc(C(=O)OC(C)(C)C)c(Cc2cncc3[nH]ccc23)cn1. The third kappa shape index (κ3) is 4.13. The molecule has 0 unspecified atom stereocenters. The standard InChI is InChI=1S/C20H22N4O3/c1-20(2,3)27-19(26)15-8-16(18(25)21-4)24-10-13(15)7-12-9-22-11-17-14(12)5-6-23-17/h5-6,8-11,23H,7H2,1-4H3,(H,21,25). The molecule has 3 rings (SSSR count). The van der Waals surface area contributed by atoms with E-state index >= 15 is 0 Å². The van der Waals surface area contributed by atoms with E-state index in [4.69, 9.17) is 4.74 Å². The van der Waals surface area contributed by atoms with Crippen molar-refractivity contribution >= 4 is 22.8 Å². The van der Waals surface area contributed by atoms with E-state index < -0.39 is 11.6 Å². The van der Waals surface area contributed by atoms with Gasteiger partial charge in [-0.3, -0.25) is 14.8 Å². The summed E-state index contributed by atoms with van der Waals surface area (Å²) < 4.78 is 5.52. The lowest BCUT2D eigenvalue weighted by molar-refractivity contribution is 0.00683. The number of hydrogen-bond donors (Lipinski definition) is 2. The quantitative estimate of drug-likeness (QED) is 0.692. The molecule has 0 spiro atoms. The fourth-order valence-electron chi connectivity index (χ4n) is 2.79. The molecule has 27 heavy (non-hydrogen) atoms. The summed E-state index contributed by atoms with van der Waals surface area (Å²) in [6, 6.07) is 3.44. The molecule has 0 radical (unpaired) electrons. The minimum absolute atomic E-state index is 0.167. The number of ether oxygens (including phenoxy) is 1. The largest absolute Gasteiger partial charge is 0.456 e. The minimum atomic E-state index is -0.646. The smallest absolute Gasteiger partial charge is 0.339 e. The van der Waals surface area contributed by atoms with Gasteiger partial charge in [0.05, 0.1) is 17.3 Å². The van der Waals surface area contributed by atoms with Crippen molar-refractivity contribution in [3.63, 3.8) is 0 Å². The van der Waals surface area contributed by atoms with Crippen molar-refractivity contribution in [2.24, 2.45) is 0 Å². The number of aromatic nitrogens is 3. The number of pyridine rings is 2. The third-order valence-electron chi connectivity index (χ3n) is 4.00. The number of carbonyl (C=O) groups is 2. The normalized spacial score (nSPS) is 11.4. The molecule has 0 aliphatic carbocycles. The second kappa shape index (κ2) is 7.19. The first-order chi connectivity index (χ1) is 12.8. The molecule has 140 valence electrons. The van der Waals surface area contributed by atoms with Crippen molar-refractivity contribution in [2.75, 3.05) is 7.05 Å². The molecular weight excluding hydrogens is 344 g/mol. The number of rotatable bonds is 4. The second-order valence-corrected chi connectivity index (χ2v) is 7.22. The van der Waals surface area contributed by atoms with Crippen LogP contribution in [0, 0.1) is 0 Å². The van der Waals surface area contributed by atoms with E-state index in [0.29, 0.717) is 17.5 Å². The molecule has 1 amide bonds. The summed E-state index contributed by atoms with van der Waals surface area (Å²) in [4.78, 5) is 36.3. The molecule has 2 N–H and O–H groups in total. The highest BCUT2D eigenvalue weighted by atomic mass is 16.6. The summed E-state index contributed by atoms with van der Waals surface area (Å²) in [5.41, 5.74) is 2.39. The van der Waals surface area contributed by atoms with Gasteiger partial charge in [-0.05, 0) is 44.0 Å². The zero-order valence-corrected chi connectivity index (χ0v) is 15.8. The summed E-state index contributed by atoms with van der Waals surface area (Å²) in [7, 11) is 1.52. The van der Waals surface area contributed by atoms with Gasteiger partial charge in [0.25, 0.3) is 5.91 Å². The van der Waals surface area contributed by atoms with Gasteiger partial charge in [0.1, 0.15) is 11.3 Å². The van der Waals surface area contributed by atoms with Crippen LogP contribution in [-0.2, 0) is 11.2 Å². The van der Waals surface area contributed by atoms with E-state index in [0.717, 1.165) is 16.5 Å². The van der Waals surface area contributed by atoms with Crippen LogP contribution in [0.5, 0.6) is 0 Å². The average Bonchev–Trinajstić information content (AvgIpc) is 3.09. The van der Waals surface area contributed by atoms with Crippen LogP contribution >= 0.6 is 0 Å². The van der Waals surface area contributed by atoms with Gasteiger partial charge < -0.3 is 15.0 Å². The van der Waals surface area contributed by atoms with E-state index in [2.05, 4.69) is 20.3 Å². The maximum absolute atomic E-state index is 12.7. The fourth-order valence-corrected chi connectivity index (χ4v) is 2.79. The van der Waals surface area contributed by atoms with E-state index in [1.54, 1.807) is 39.4 Å². The van der Waals surface area contributed by atoms with Crippen molar-refractivity contribution in [1.82, 2.24) is 20.3 Å². The number of aromatic amines is 1. The van der Waals surface area contributed by atoms with Gasteiger partial charge in [-0.2, -0.15) is 0 Å². The van der Waals surface area contributed by atoms with Crippen molar-refractivity contribution in [3.05, 3.63) is 59.3 Å². The van der Waals surface area contributed by atoms with Gasteiger partial charge >= 0.3 is 5.97 Å². The van der Waals surface area contributed by atoms with Crippen molar-refractivity contribution in [3.8, 4) is 0 Å². The van der Waals surface area contributed by atoms with Crippen LogP contribution in [-0.4, -0.2) is 39.5 Å². The first-order valence-electron chi connectivity index (χ1n) is 8.63. The molecule has 0 atom stereocenters. The molecule has 0 aliphatic rings. The molecular formula is C20H22N4O3. The summed E-state index contributed by atoms with van der Waals surface area (Å²) in [6.07, 6.45) is 7.35. The van der Waals surface area contributed by atoms with Crippen molar-refractivity contribution in [2.45, 2.75) is 32.8 Å². The zero-order chi connectivity index (χ0) is 19.6. The van der Waals surface area contributed by atoms with Crippen molar-refractivity contribution < 1.29 is 14.3 Å². The van der Waals surface area contributed by atoms with Crippen LogP contribution in [0.3, 0.4) is 0 Å². The maximum atomic E-state index is 12.7. The Balaban J connectivity index is 2.04. The molecule has 0 aromatic carbocycles. The number of amides is 1. The summed E-state index contributed by atoms with van der Waals surface area (Å²) in [6.45, 7) is 5.40. The van der Waals surface area contributed by atoms with Crippen LogP contribution in [0.2, 0.25) is 0 Å². The lowest BCUT2D eigenvalue weighted by atomic mass is 10.00. The molecule has 3 aromatic heterocycles. The molecule has 7 nitrogen and oxygen atoms in total. The number of esters is 1. The summed E-state index contributed by atoms with van der Waals surface area (Å²) >= 11 is 0. The van der Waals surface area contributed by atoms with E-state index in [-0.39, 0.29) is 11.6 Å². The van der Waals surface area contributed by atoms with E-state index in [9.17, 15) is 9.59 Å². The van der Waals surface area contributed by atoms with E-state index in [1.165, 1.54) is 13.1 Å². The predicted octanol–water partition coefficient (Wildman–Crippen LogP) is 2.86. The fraction of sp³-hybridized carbons (Fsp3) is 0.300. The van der Waals surface area contributed by atoms with Gasteiger partial charge in [0.2, 0.25) is 0 Å². The molecule has 0 saturated carbocycles. The topological polar surface area (TPSA) is 97.0 Å². The van der Waals surface area contributed by atoms with Crippen LogP contribution in [0.1, 0.15) is 52.7 Å². The minimum Gasteiger partial charge on any atom is -0.456 e. The Kier molecular flexibility index (Phi) is 4.94. The predicted molar refractivity (Wildman–Crippen MR) is 102 cm³/mol. The van der Waals surface area contributed by atoms with Crippen LogP contribution in [0.15, 0.2) is 36.9 Å². The Morgan fingerprint density at radius 1 is 1.19 bits per heavy atom. The number of nitrogens with one attached hydrogen (secondary N) is 2. The number of carbonyl (C=O) groups excluding carboxylic acids is 2. The Bertz CT molecular complexity index is 1000. The molecule has 3 heterocycles. The molecule has 3 aromatic rings. The third-order valence-corrected chi connectivity index (χ3v) is 4.00. The van der Waals surface area contributed by atoms with Gasteiger partial charge in [0.15, 0.2) is 0 Å². The van der Waals surface area contributed by atoms with Gasteiger partial charge in [-0.15, -0.1) is 0 Å². The number of fused-ring (bicyclic) bond motifs is 1. The molecule has 0 bridgehead atoms. The first kappa shape index (κ1) is 18.6. The van der Waals surface area contributed by atoms with Crippen LogP contribution in [0.25, 0.3) is 10.9 Å². The van der Waals surface area contributed by atoms with Crippen molar-refractivity contribution in [1.29, 1.82) is 0 Å². The number of H-pyrrole nitrogens is 1. The highest BCUT2D eigenvalue weighted by molar-refractivity contribution is 5.97. The number of hydrogen-bond acceptors (Lipinski definition) is 5. The Morgan fingerprint density at radius 3 is 2.67 bits per heavy atom. The van der Waals surface area contributed by atoms with Crippen LogP contribution < -0.4 is 5.32 Å². The lowest BCUT2D eigenvalue weighted by Crippen LogP contribution is -2.26.